The summed E-state index contributed by atoms with van der Waals surface area (Å²) >= 11 is 0. The van der Waals surface area contributed by atoms with Gasteiger partial charge >= 0.3 is 0 Å². The van der Waals surface area contributed by atoms with Crippen LogP contribution in [0.4, 0.5) is 10.1 Å². The molecule has 0 radical (unpaired) electrons. The summed E-state index contributed by atoms with van der Waals surface area (Å²) in [4.78, 5) is 6.85. The van der Waals surface area contributed by atoms with Crippen LogP contribution in [0.5, 0.6) is 11.5 Å². The van der Waals surface area contributed by atoms with E-state index in [1.54, 1.807) is 25.7 Å². The number of sulfone groups is 1. The smallest absolute Gasteiger partial charge is 0.163 e. The third-order valence-corrected chi connectivity index (χ3v) is 9.68. The lowest BCUT2D eigenvalue weighted by Crippen LogP contribution is -2.40. The van der Waals surface area contributed by atoms with Crippen molar-refractivity contribution in [3.63, 3.8) is 0 Å². The Morgan fingerprint density at radius 2 is 1.91 bits per heavy atom. The maximum Gasteiger partial charge on any atom is 0.163 e. The average Bonchev–Trinajstić information content (AvgIpc) is 3.39. The lowest BCUT2D eigenvalue weighted by Gasteiger charge is -2.32. The molecule has 3 aromatic carbocycles. The van der Waals surface area contributed by atoms with E-state index < -0.39 is 15.5 Å². The van der Waals surface area contributed by atoms with Gasteiger partial charge in [0.2, 0.25) is 0 Å². The highest BCUT2D eigenvalue weighted by Gasteiger charge is 2.35. The van der Waals surface area contributed by atoms with Crippen LogP contribution in [0.2, 0.25) is 0 Å². The zero-order valence-electron chi connectivity index (χ0n) is 24.0. The van der Waals surface area contributed by atoms with Crippen molar-refractivity contribution < 1.29 is 22.3 Å². The van der Waals surface area contributed by atoms with Crippen LogP contribution in [0.1, 0.15) is 29.5 Å². The van der Waals surface area contributed by atoms with Gasteiger partial charge < -0.3 is 19.7 Å². The van der Waals surface area contributed by atoms with E-state index in [9.17, 15) is 12.8 Å². The first-order chi connectivity index (χ1) is 20.7. The predicted molar refractivity (Wildman–Crippen MR) is 165 cm³/mol. The first kappa shape index (κ1) is 29.1. The molecule has 0 bridgehead atoms. The van der Waals surface area contributed by atoms with Gasteiger partial charge in [0.15, 0.2) is 27.0 Å². The summed E-state index contributed by atoms with van der Waals surface area (Å²) < 4.78 is 50.7. The summed E-state index contributed by atoms with van der Waals surface area (Å²) in [6.07, 6.45) is 5.07. The molecule has 0 aliphatic carbocycles. The Morgan fingerprint density at radius 3 is 2.70 bits per heavy atom. The standard InChI is InChI=1S/C31H35FN6O4S/c1-41-29-18-27-26(17-30(29)42-12-3-2-9-37-10-13-43(39,40)14-11-37)31(33,35-21-34-27)24-7-8-28-23(16-24)19-36-38(28)20-22-5-4-6-25(32)15-22/h4-8,15-19,21H,2-3,9-14,20,33H2,1H3,(H,34,35). The fourth-order valence-electron chi connectivity index (χ4n) is 5.62. The number of anilines is 1. The summed E-state index contributed by atoms with van der Waals surface area (Å²) in [6.45, 7) is 2.94. The molecule has 4 aromatic rings. The molecule has 1 aromatic heterocycles. The Morgan fingerprint density at radius 1 is 1.07 bits per heavy atom. The van der Waals surface area contributed by atoms with E-state index in [1.165, 1.54) is 12.1 Å². The number of aromatic nitrogens is 2. The number of nitrogens with zero attached hydrogens (tertiary/aromatic N) is 4. The molecule has 1 fully saturated rings. The average molecular weight is 607 g/mol. The van der Waals surface area contributed by atoms with Crippen molar-refractivity contribution in [3.8, 4) is 11.5 Å². The normalized spacial score (nSPS) is 19.6. The third kappa shape index (κ3) is 6.22. The molecule has 3 heterocycles. The van der Waals surface area contributed by atoms with Gasteiger partial charge in [-0.2, -0.15) is 5.10 Å². The Labute approximate surface area is 250 Å². The number of benzene rings is 3. The molecule has 0 spiro atoms. The Bertz CT molecular complexity index is 1760. The molecule has 2 aliphatic heterocycles. The highest BCUT2D eigenvalue weighted by molar-refractivity contribution is 7.91. The fourth-order valence-corrected chi connectivity index (χ4v) is 6.90. The molecule has 6 rings (SSSR count). The summed E-state index contributed by atoms with van der Waals surface area (Å²) in [7, 11) is -1.28. The fraction of sp³-hybridized carbons (Fsp3) is 0.355. The van der Waals surface area contributed by atoms with E-state index in [-0.39, 0.29) is 17.3 Å². The first-order valence-corrected chi connectivity index (χ1v) is 16.1. The summed E-state index contributed by atoms with van der Waals surface area (Å²) in [5.74, 6) is 1.34. The molecule has 0 amide bonds. The number of ether oxygens (including phenoxy) is 2. The molecule has 0 saturated carbocycles. The van der Waals surface area contributed by atoms with Crippen LogP contribution in [0, 0.1) is 5.82 Å². The second-order valence-corrected chi connectivity index (χ2v) is 13.3. The van der Waals surface area contributed by atoms with E-state index in [4.69, 9.17) is 15.2 Å². The Hall–Kier alpha value is -4.00. The van der Waals surface area contributed by atoms with Crippen molar-refractivity contribution in [3.05, 3.63) is 83.3 Å². The van der Waals surface area contributed by atoms with E-state index in [0.717, 1.165) is 52.7 Å². The summed E-state index contributed by atoms with van der Waals surface area (Å²) in [5.41, 5.74) is 9.85. The summed E-state index contributed by atoms with van der Waals surface area (Å²) in [5, 5.41) is 8.60. The predicted octanol–water partition coefficient (Wildman–Crippen LogP) is 3.74. The van der Waals surface area contributed by atoms with Crippen LogP contribution in [0.15, 0.2) is 65.8 Å². The molecule has 1 unspecified atom stereocenters. The molecule has 43 heavy (non-hydrogen) atoms. The van der Waals surface area contributed by atoms with Crippen LogP contribution < -0.4 is 20.5 Å². The van der Waals surface area contributed by atoms with Crippen molar-refractivity contribution in [2.75, 3.05) is 50.2 Å². The minimum absolute atomic E-state index is 0.234. The number of hydrogen-bond acceptors (Lipinski definition) is 9. The number of fused-ring (bicyclic) bond motifs is 2. The van der Waals surface area contributed by atoms with Gasteiger partial charge in [-0.25, -0.2) is 17.8 Å². The number of halogens is 1. The van der Waals surface area contributed by atoms with Gasteiger partial charge in [-0.15, -0.1) is 0 Å². The highest BCUT2D eigenvalue weighted by Crippen LogP contribution is 2.42. The third-order valence-electron chi connectivity index (χ3n) is 8.07. The second kappa shape index (κ2) is 11.9. The lowest BCUT2D eigenvalue weighted by molar-refractivity contribution is 0.255. The van der Waals surface area contributed by atoms with Gasteiger partial charge in [0.25, 0.3) is 0 Å². The maximum absolute atomic E-state index is 13.7. The minimum atomic E-state index is -2.88. The van der Waals surface area contributed by atoms with Crippen molar-refractivity contribution in [1.29, 1.82) is 0 Å². The number of hydrogen-bond donors (Lipinski definition) is 2. The van der Waals surface area contributed by atoms with Gasteiger partial charge in [-0.3, -0.25) is 10.4 Å². The number of nitrogens with two attached hydrogens (primary N) is 1. The SMILES string of the molecule is COc1cc2c(cc1OCCCCN1CCS(=O)(=O)CC1)C(N)(c1ccc3c(cnn3Cc3cccc(F)c3)c1)N=CN2. The van der Waals surface area contributed by atoms with Gasteiger partial charge in [-0.1, -0.05) is 18.2 Å². The Balaban J connectivity index is 1.18. The van der Waals surface area contributed by atoms with Crippen molar-refractivity contribution in [2.24, 2.45) is 10.7 Å². The molecule has 1 saturated heterocycles. The number of methoxy groups -OCH3 is 1. The number of aliphatic imine (C=N–C) groups is 1. The minimum Gasteiger partial charge on any atom is -0.493 e. The molecule has 2 aliphatic rings. The maximum atomic E-state index is 13.7. The zero-order valence-corrected chi connectivity index (χ0v) is 24.8. The highest BCUT2D eigenvalue weighted by atomic mass is 32.2. The van der Waals surface area contributed by atoms with E-state index in [0.29, 0.717) is 37.7 Å². The molecule has 226 valence electrons. The molecule has 3 N–H and O–H groups in total. The van der Waals surface area contributed by atoms with Crippen LogP contribution in [-0.2, 0) is 22.0 Å². The van der Waals surface area contributed by atoms with Crippen molar-refractivity contribution in [2.45, 2.75) is 25.0 Å². The van der Waals surface area contributed by atoms with Crippen LogP contribution in [-0.4, -0.2) is 74.3 Å². The molecule has 10 nitrogen and oxygen atoms in total. The topological polar surface area (TPSA) is 124 Å². The van der Waals surface area contributed by atoms with E-state index in [1.807, 2.05) is 41.1 Å². The van der Waals surface area contributed by atoms with Gasteiger partial charge in [0.05, 0.1) is 55.5 Å². The molecule has 1 atom stereocenters. The quantitative estimate of drug-likeness (QED) is 0.262. The largest absolute Gasteiger partial charge is 0.493 e. The molecular weight excluding hydrogens is 571 g/mol. The number of rotatable bonds is 10. The number of unbranched alkanes of at least 4 members (excludes halogenated alkanes) is 1. The van der Waals surface area contributed by atoms with Gasteiger partial charge in [0, 0.05) is 30.1 Å². The van der Waals surface area contributed by atoms with E-state index >= 15 is 0 Å². The molecular formula is C31H35FN6O4S. The van der Waals surface area contributed by atoms with Crippen LogP contribution in [0.3, 0.4) is 0 Å². The summed E-state index contributed by atoms with van der Waals surface area (Å²) in [6, 6.07) is 16.1. The van der Waals surface area contributed by atoms with Gasteiger partial charge in [0.1, 0.15) is 5.82 Å². The first-order valence-electron chi connectivity index (χ1n) is 14.3. The number of nitrogens with one attached hydrogen (secondary N) is 1. The zero-order chi connectivity index (χ0) is 30.0. The van der Waals surface area contributed by atoms with Crippen LogP contribution >= 0.6 is 0 Å². The van der Waals surface area contributed by atoms with Crippen LogP contribution in [0.25, 0.3) is 10.9 Å². The monoisotopic (exact) mass is 606 g/mol. The Kier molecular flexibility index (Phi) is 8.08. The van der Waals surface area contributed by atoms with E-state index in [2.05, 4.69) is 20.3 Å². The molecule has 12 heteroatoms. The lowest BCUT2D eigenvalue weighted by atomic mass is 9.89. The van der Waals surface area contributed by atoms with Crippen molar-refractivity contribution in [1.82, 2.24) is 14.7 Å². The van der Waals surface area contributed by atoms with Gasteiger partial charge in [-0.05, 0) is 60.8 Å². The van der Waals surface area contributed by atoms with Crippen molar-refractivity contribution >= 4 is 32.8 Å². The second-order valence-electron chi connectivity index (χ2n) is 11.0.